The van der Waals surface area contributed by atoms with Gasteiger partial charge in [0.2, 0.25) is 0 Å². The number of rotatable bonds is 6. The van der Waals surface area contributed by atoms with Crippen molar-refractivity contribution in [3.8, 4) is 11.5 Å². The summed E-state index contributed by atoms with van der Waals surface area (Å²) in [5, 5.41) is 40.9. The van der Waals surface area contributed by atoms with E-state index in [-0.39, 0.29) is 23.7 Å². The van der Waals surface area contributed by atoms with Crippen molar-refractivity contribution >= 4 is 16.8 Å². The highest BCUT2D eigenvalue weighted by Gasteiger charge is 2.41. The Hall–Kier alpha value is -3.60. The van der Waals surface area contributed by atoms with E-state index in [0.29, 0.717) is 16.3 Å². The molecule has 1 heterocycles. The van der Waals surface area contributed by atoms with Gasteiger partial charge in [-0.1, -0.05) is 36.4 Å². The van der Waals surface area contributed by atoms with Crippen LogP contribution in [0.4, 0.5) is 0 Å². The maximum Gasteiger partial charge on any atom is 0.294 e. The number of ether oxygens (including phenoxy) is 1. The Morgan fingerprint density at radius 1 is 1.11 bits per heavy atom. The first-order valence-electron chi connectivity index (χ1n) is 8.15. The lowest BCUT2D eigenvalue weighted by molar-refractivity contribution is -0.796. The van der Waals surface area contributed by atoms with E-state index in [4.69, 9.17) is 4.74 Å². The van der Waals surface area contributed by atoms with Gasteiger partial charge in [-0.2, -0.15) is 0 Å². The third-order valence-electron chi connectivity index (χ3n) is 4.48. The minimum Gasteiger partial charge on any atom is -0.507 e. The van der Waals surface area contributed by atoms with Gasteiger partial charge in [-0.3, -0.25) is 0 Å². The molecule has 0 aromatic heterocycles. The Kier molecular flexibility index (Phi) is 5.18. The normalized spacial score (nSPS) is 21.8. The van der Waals surface area contributed by atoms with Crippen molar-refractivity contribution in [1.29, 1.82) is 0 Å². The molecule has 1 aliphatic rings. The number of hydrogen-bond acceptors (Lipinski definition) is 9. The van der Waals surface area contributed by atoms with Gasteiger partial charge >= 0.3 is 0 Å². The molecule has 0 amide bonds. The van der Waals surface area contributed by atoms with Crippen molar-refractivity contribution in [3.05, 3.63) is 61.7 Å². The molecule has 11 heteroatoms. The maximum absolute atomic E-state index is 10.7. The summed E-state index contributed by atoms with van der Waals surface area (Å²) in [7, 11) is 0. The molecule has 11 nitrogen and oxygen atoms in total. The zero-order valence-corrected chi connectivity index (χ0v) is 14.5. The molecule has 0 bridgehead atoms. The first-order chi connectivity index (χ1) is 13.3. The van der Waals surface area contributed by atoms with Crippen LogP contribution in [0.1, 0.15) is 11.1 Å². The molecule has 0 saturated carbocycles. The van der Waals surface area contributed by atoms with Gasteiger partial charge < -0.3 is 24.6 Å². The molecule has 3 rings (SSSR count). The molecule has 0 radical (unpaired) electrons. The fraction of sp³-hybridized carbons (Fsp3) is 0.294. The van der Waals surface area contributed by atoms with Crippen molar-refractivity contribution in [2.75, 3.05) is 6.61 Å². The van der Waals surface area contributed by atoms with E-state index in [9.17, 15) is 30.4 Å². The van der Waals surface area contributed by atoms with Crippen LogP contribution in [0.25, 0.3) is 16.8 Å². The van der Waals surface area contributed by atoms with Gasteiger partial charge in [0, 0.05) is 21.9 Å². The minimum atomic E-state index is -1.37. The minimum absolute atomic E-state index is 0.0203. The molecule has 1 unspecified atom stereocenters. The molecule has 2 aromatic carbocycles. The van der Waals surface area contributed by atoms with Gasteiger partial charge in [0.05, 0.1) is 6.61 Å². The Balaban J connectivity index is 1.94. The van der Waals surface area contributed by atoms with E-state index in [1.165, 1.54) is 12.2 Å². The predicted molar refractivity (Wildman–Crippen MR) is 94.5 cm³/mol. The quantitative estimate of drug-likeness (QED) is 0.427. The molecule has 28 heavy (non-hydrogen) atoms. The SMILES string of the molecule is Cc1c(/C=C/C2OC[C@H](O[N+](=O)[O-])[C@@H]2O[N+](=O)[O-])c(O)c2ccccc2c1O. The monoisotopic (exact) mass is 392 g/mol. The highest BCUT2D eigenvalue weighted by molar-refractivity contribution is 5.97. The molecule has 3 atom stereocenters. The van der Waals surface area contributed by atoms with E-state index >= 15 is 0 Å². The lowest BCUT2D eigenvalue weighted by Crippen LogP contribution is -2.37. The highest BCUT2D eigenvalue weighted by atomic mass is 17.0. The fourth-order valence-corrected chi connectivity index (χ4v) is 3.14. The van der Waals surface area contributed by atoms with Gasteiger partial charge in [0.25, 0.3) is 10.2 Å². The lowest BCUT2D eigenvalue weighted by Gasteiger charge is -2.17. The number of phenolic OH excluding ortho intramolecular Hbond substituents is 2. The number of aromatic hydroxyl groups is 2. The van der Waals surface area contributed by atoms with Crippen LogP contribution in [-0.2, 0) is 14.4 Å². The summed E-state index contributed by atoms with van der Waals surface area (Å²) in [5.74, 6) is -0.113. The molecule has 2 N–H and O–H groups in total. The first kappa shape index (κ1) is 19.2. The number of nitrogens with zero attached hydrogens (tertiary/aromatic N) is 2. The smallest absolute Gasteiger partial charge is 0.294 e. The van der Waals surface area contributed by atoms with Crippen LogP contribution >= 0.6 is 0 Å². The second kappa shape index (κ2) is 7.56. The molecule has 1 fully saturated rings. The molecule has 148 valence electrons. The van der Waals surface area contributed by atoms with Crippen molar-refractivity contribution in [3.63, 3.8) is 0 Å². The van der Waals surface area contributed by atoms with Crippen LogP contribution in [0.15, 0.2) is 30.3 Å². The predicted octanol–water partition coefficient (Wildman–Crippen LogP) is 2.13. The van der Waals surface area contributed by atoms with Crippen molar-refractivity contribution < 1.29 is 34.8 Å². The molecular weight excluding hydrogens is 376 g/mol. The summed E-state index contributed by atoms with van der Waals surface area (Å²) in [6.07, 6.45) is -0.925. The summed E-state index contributed by atoms with van der Waals surface area (Å²) in [4.78, 5) is 30.1. The van der Waals surface area contributed by atoms with Crippen LogP contribution in [0.2, 0.25) is 0 Å². The second-order valence-corrected chi connectivity index (χ2v) is 6.10. The van der Waals surface area contributed by atoms with Crippen LogP contribution < -0.4 is 0 Å². The Bertz CT molecular complexity index is 959. The third-order valence-corrected chi connectivity index (χ3v) is 4.48. The van der Waals surface area contributed by atoms with Crippen LogP contribution in [0.5, 0.6) is 11.5 Å². The molecule has 0 spiro atoms. The van der Waals surface area contributed by atoms with E-state index in [1.54, 1.807) is 31.2 Å². The molecule has 1 aliphatic heterocycles. The average Bonchev–Trinajstić information content (AvgIpc) is 3.00. The zero-order chi connectivity index (χ0) is 20.4. The van der Waals surface area contributed by atoms with Gasteiger partial charge in [0.15, 0.2) is 12.2 Å². The van der Waals surface area contributed by atoms with Crippen LogP contribution in [-0.4, -0.2) is 45.3 Å². The average molecular weight is 392 g/mol. The summed E-state index contributed by atoms with van der Waals surface area (Å²) < 4.78 is 5.31. The maximum atomic E-state index is 10.7. The highest BCUT2D eigenvalue weighted by Crippen LogP contribution is 2.40. The van der Waals surface area contributed by atoms with Crippen LogP contribution in [0, 0.1) is 27.2 Å². The summed E-state index contributed by atoms with van der Waals surface area (Å²) >= 11 is 0. The zero-order valence-electron chi connectivity index (χ0n) is 14.5. The second-order valence-electron chi connectivity index (χ2n) is 6.10. The topological polar surface area (TPSA) is 154 Å². The summed E-state index contributed by atoms with van der Waals surface area (Å²) in [5.41, 5.74) is 0.661. The van der Waals surface area contributed by atoms with E-state index in [1.807, 2.05) is 0 Å². The Morgan fingerprint density at radius 2 is 1.71 bits per heavy atom. The summed E-state index contributed by atoms with van der Waals surface area (Å²) in [6, 6.07) is 6.71. The molecule has 1 saturated heterocycles. The van der Waals surface area contributed by atoms with Gasteiger partial charge in [0.1, 0.15) is 17.6 Å². The van der Waals surface area contributed by atoms with E-state index < -0.39 is 28.5 Å². The molecular formula is C17H16N2O9. The number of phenols is 2. The fourth-order valence-electron chi connectivity index (χ4n) is 3.14. The standard InChI is InChI=1S/C17H16N2O9/c1-9-10(16(21)12-5-3-2-4-11(12)15(9)20)6-7-13-17(28-19(24)25)14(8-26-13)27-18(22)23/h2-7,13-14,17,20-21H,8H2,1H3/b7-6+/t13?,14-,17+/m0/s1. The number of benzene rings is 2. The third kappa shape index (κ3) is 3.60. The lowest BCUT2D eigenvalue weighted by atomic mass is 9.97. The number of hydrogen-bond donors (Lipinski definition) is 2. The number of fused-ring (bicyclic) bond motifs is 1. The molecule has 2 aromatic rings. The van der Waals surface area contributed by atoms with Crippen molar-refractivity contribution in [2.45, 2.75) is 25.2 Å². The van der Waals surface area contributed by atoms with Crippen LogP contribution in [0.3, 0.4) is 0 Å². The van der Waals surface area contributed by atoms with E-state index in [2.05, 4.69) is 9.68 Å². The van der Waals surface area contributed by atoms with Gasteiger partial charge in [-0.15, -0.1) is 20.2 Å². The van der Waals surface area contributed by atoms with Crippen molar-refractivity contribution in [2.24, 2.45) is 0 Å². The summed E-state index contributed by atoms with van der Waals surface area (Å²) in [6.45, 7) is 1.31. The largest absolute Gasteiger partial charge is 0.507 e. The first-order valence-corrected chi connectivity index (χ1v) is 8.15. The Labute approximate surface area is 157 Å². The van der Waals surface area contributed by atoms with Gasteiger partial charge in [-0.25, -0.2) is 0 Å². The van der Waals surface area contributed by atoms with Gasteiger partial charge in [-0.05, 0) is 6.92 Å². The Morgan fingerprint density at radius 3 is 2.32 bits per heavy atom. The molecule has 0 aliphatic carbocycles. The van der Waals surface area contributed by atoms with E-state index in [0.717, 1.165) is 0 Å². The van der Waals surface area contributed by atoms with Crippen molar-refractivity contribution in [1.82, 2.24) is 0 Å².